The number of carbonyl (C=O) groups excluding carboxylic acids is 1. The van der Waals surface area contributed by atoms with E-state index in [9.17, 15) is 4.79 Å². The summed E-state index contributed by atoms with van der Waals surface area (Å²) < 4.78 is 5.60. The van der Waals surface area contributed by atoms with Gasteiger partial charge >= 0.3 is 0 Å². The first-order valence-corrected chi connectivity index (χ1v) is 6.22. The van der Waals surface area contributed by atoms with Gasteiger partial charge in [0.05, 0.1) is 11.7 Å². The van der Waals surface area contributed by atoms with Crippen molar-refractivity contribution in [3.63, 3.8) is 0 Å². The number of nitrogens with zero attached hydrogens (tertiary/aromatic N) is 1. The molecule has 0 spiro atoms. The lowest BCUT2D eigenvalue weighted by Crippen LogP contribution is -2.47. The van der Waals surface area contributed by atoms with E-state index in [1.54, 1.807) is 4.90 Å². The van der Waals surface area contributed by atoms with E-state index in [2.05, 4.69) is 0 Å². The number of hydrogen-bond donors (Lipinski definition) is 0. The minimum atomic E-state index is -1.05. The number of aryl methyl sites for hydroxylation is 1. The highest BCUT2D eigenvalue weighted by Crippen LogP contribution is 2.35. The zero-order chi connectivity index (χ0) is 12.6. The average Bonchev–Trinajstić information content (AvgIpc) is 2.28. The summed E-state index contributed by atoms with van der Waals surface area (Å²) in [5.74, 6) is 0.389. The summed E-state index contributed by atoms with van der Waals surface area (Å²) in [5.41, 5.74) is 1.81. The van der Waals surface area contributed by atoms with Gasteiger partial charge in [-0.2, -0.15) is 0 Å². The van der Waals surface area contributed by atoms with E-state index in [0.717, 1.165) is 11.3 Å². The van der Waals surface area contributed by atoms with Crippen molar-refractivity contribution in [2.24, 2.45) is 0 Å². The monoisotopic (exact) mass is 273 g/mol. The third-order valence-corrected chi connectivity index (χ3v) is 3.09. The highest BCUT2D eigenvalue weighted by atomic mass is 35.5. The Balaban J connectivity index is 2.43. The molecule has 0 radical (unpaired) electrons. The molecule has 1 aromatic rings. The highest BCUT2D eigenvalue weighted by molar-refractivity contribution is 6.54. The van der Waals surface area contributed by atoms with Crippen molar-refractivity contribution in [3.8, 4) is 5.75 Å². The largest absolute Gasteiger partial charge is 0.489 e. The third-order valence-electron chi connectivity index (χ3n) is 2.72. The fourth-order valence-electron chi connectivity index (χ4n) is 1.90. The van der Waals surface area contributed by atoms with Gasteiger partial charge < -0.3 is 9.64 Å². The summed E-state index contributed by atoms with van der Waals surface area (Å²) in [6.45, 7) is 4.32. The zero-order valence-electron chi connectivity index (χ0n) is 9.61. The number of halogens is 2. The maximum atomic E-state index is 12.0. The first-order valence-electron chi connectivity index (χ1n) is 5.35. The molecule has 2 rings (SSSR count). The van der Waals surface area contributed by atoms with E-state index in [1.165, 1.54) is 0 Å². The van der Waals surface area contributed by atoms with Crippen LogP contribution in [0.2, 0.25) is 0 Å². The molecule has 0 aliphatic carbocycles. The van der Waals surface area contributed by atoms with Crippen molar-refractivity contribution < 1.29 is 9.53 Å². The normalized spacial score (nSPS) is 18.9. The van der Waals surface area contributed by atoms with E-state index in [-0.39, 0.29) is 11.9 Å². The van der Waals surface area contributed by atoms with Crippen LogP contribution in [0, 0.1) is 6.92 Å². The van der Waals surface area contributed by atoms with Crippen LogP contribution in [0.5, 0.6) is 5.75 Å². The standard InChI is InChI=1S/C12H13Cl2NO2/c1-7-3-4-9-10(5-7)17-6-8(2)15(9)12(16)11(13)14/h3-5,8,11H,6H2,1-2H3. The zero-order valence-corrected chi connectivity index (χ0v) is 11.1. The topological polar surface area (TPSA) is 29.5 Å². The molecular formula is C12H13Cl2NO2. The molecule has 1 aromatic carbocycles. The molecule has 1 aliphatic rings. The van der Waals surface area contributed by atoms with Gasteiger partial charge in [0.15, 0.2) is 4.84 Å². The van der Waals surface area contributed by atoms with Crippen LogP contribution in [0.1, 0.15) is 12.5 Å². The minimum absolute atomic E-state index is 0.0716. The van der Waals surface area contributed by atoms with Gasteiger partial charge in [-0.1, -0.05) is 29.3 Å². The van der Waals surface area contributed by atoms with Gasteiger partial charge in [-0.05, 0) is 31.5 Å². The lowest BCUT2D eigenvalue weighted by Gasteiger charge is -2.35. The van der Waals surface area contributed by atoms with Crippen molar-refractivity contribution in [2.45, 2.75) is 24.7 Å². The number of anilines is 1. The first-order chi connectivity index (χ1) is 8.00. The molecule has 1 unspecified atom stereocenters. The number of alkyl halides is 2. The van der Waals surface area contributed by atoms with Crippen molar-refractivity contribution >= 4 is 34.8 Å². The number of benzene rings is 1. The van der Waals surface area contributed by atoms with Gasteiger partial charge in [-0.15, -0.1) is 0 Å². The SMILES string of the molecule is Cc1ccc2c(c1)OCC(C)N2C(=O)C(Cl)Cl. The summed E-state index contributed by atoms with van der Waals surface area (Å²) in [6.07, 6.45) is 0. The molecule has 1 atom stereocenters. The molecule has 1 heterocycles. The van der Waals surface area contributed by atoms with Gasteiger partial charge in [-0.25, -0.2) is 0 Å². The second kappa shape index (κ2) is 4.75. The Kier molecular flexibility index (Phi) is 3.50. The Bertz CT molecular complexity index is 448. The molecule has 0 saturated heterocycles. The first kappa shape index (κ1) is 12.5. The maximum absolute atomic E-state index is 12.0. The molecule has 1 amide bonds. The lowest BCUT2D eigenvalue weighted by atomic mass is 10.1. The third kappa shape index (κ3) is 2.35. The van der Waals surface area contributed by atoms with Crippen LogP contribution in [-0.2, 0) is 4.79 Å². The number of carbonyl (C=O) groups is 1. The summed E-state index contributed by atoms with van der Waals surface area (Å²) in [7, 11) is 0. The summed E-state index contributed by atoms with van der Waals surface area (Å²) in [5, 5.41) is 0. The summed E-state index contributed by atoms with van der Waals surface area (Å²) in [4.78, 5) is 12.5. The summed E-state index contributed by atoms with van der Waals surface area (Å²) >= 11 is 11.3. The summed E-state index contributed by atoms with van der Waals surface area (Å²) in [6, 6.07) is 5.61. The molecule has 17 heavy (non-hydrogen) atoms. The van der Waals surface area contributed by atoms with E-state index < -0.39 is 4.84 Å². The van der Waals surface area contributed by atoms with Crippen LogP contribution in [0.3, 0.4) is 0 Å². The smallest absolute Gasteiger partial charge is 0.260 e. The Hall–Kier alpha value is -0.930. The molecule has 0 fully saturated rings. The highest BCUT2D eigenvalue weighted by Gasteiger charge is 2.32. The van der Waals surface area contributed by atoms with Crippen molar-refractivity contribution in [2.75, 3.05) is 11.5 Å². The van der Waals surface area contributed by atoms with E-state index in [0.29, 0.717) is 12.4 Å². The molecule has 0 aromatic heterocycles. The van der Waals surface area contributed by atoms with Gasteiger partial charge in [-0.3, -0.25) is 4.79 Å². The molecule has 92 valence electrons. The van der Waals surface area contributed by atoms with Crippen LogP contribution in [0.15, 0.2) is 18.2 Å². The number of amides is 1. The predicted octanol–water partition coefficient (Wildman–Crippen LogP) is 2.91. The van der Waals surface area contributed by atoms with Gasteiger partial charge in [0.2, 0.25) is 0 Å². The molecule has 3 nitrogen and oxygen atoms in total. The number of hydrogen-bond acceptors (Lipinski definition) is 2. The number of ether oxygens (including phenoxy) is 1. The average molecular weight is 274 g/mol. The predicted molar refractivity (Wildman–Crippen MR) is 69.1 cm³/mol. The maximum Gasteiger partial charge on any atom is 0.260 e. The Morgan fingerprint density at radius 3 is 2.88 bits per heavy atom. The van der Waals surface area contributed by atoms with Crippen LogP contribution >= 0.6 is 23.2 Å². The van der Waals surface area contributed by atoms with Gasteiger partial charge in [0.1, 0.15) is 12.4 Å². The Morgan fingerprint density at radius 1 is 1.53 bits per heavy atom. The fraction of sp³-hybridized carbons (Fsp3) is 0.417. The Morgan fingerprint density at radius 2 is 2.24 bits per heavy atom. The van der Waals surface area contributed by atoms with E-state index in [1.807, 2.05) is 32.0 Å². The molecule has 1 aliphatic heterocycles. The van der Waals surface area contributed by atoms with Crippen molar-refractivity contribution in [3.05, 3.63) is 23.8 Å². The number of fused-ring (bicyclic) bond motifs is 1. The van der Waals surface area contributed by atoms with E-state index in [4.69, 9.17) is 27.9 Å². The second-order valence-corrected chi connectivity index (χ2v) is 5.24. The lowest BCUT2D eigenvalue weighted by molar-refractivity contribution is -0.117. The molecule has 0 bridgehead atoms. The second-order valence-electron chi connectivity index (χ2n) is 4.14. The van der Waals surface area contributed by atoms with Crippen LogP contribution < -0.4 is 9.64 Å². The van der Waals surface area contributed by atoms with E-state index >= 15 is 0 Å². The molecular weight excluding hydrogens is 261 g/mol. The van der Waals surface area contributed by atoms with Crippen molar-refractivity contribution in [1.82, 2.24) is 0 Å². The molecule has 5 heteroatoms. The Labute approximate surface area is 110 Å². The fourth-order valence-corrected chi connectivity index (χ4v) is 2.11. The van der Waals surface area contributed by atoms with Crippen LogP contribution in [0.25, 0.3) is 0 Å². The van der Waals surface area contributed by atoms with Crippen molar-refractivity contribution in [1.29, 1.82) is 0 Å². The quantitative estimate of drug-likeness (QED) is 0.737. The molecule has 0 saturated carbocycles. The van der Waals surface area contributed by atoms with Crippen LogP contribution in [-0.4, -0.2) is 23.4 Å². The van der Waals surface area contributed by atoms with Gasteiger partial charge in [0, 0.05) is 0 Å². The van der Waals surface area contributed by atoms with Crippen LogP contribution in [0.4, 0.5) is 5.69 Å². The number of rotatable bonds is 1. The minimum Gasteiger partial charge on any atom is -0.489 e. The molecule has 0 N–H and O–H groups in total. The van der Waals surface area contributed by atoms with Gasteiger partial charge in [0.25, 0.3) is 5.91 Å².